The van der Waals surface area contributed by atoms with Gasteiger partial charge in [-0.15, -0.1) is 0 Å². The van der Waals surface area contributed by atoms with Gasteiger partial charge in [0, 0.05) is 34.3 Å². The van der Waals surface area contributed by atoms with Crippen LogP contribution in [0, 0.1) is 13.8 Å². The van der Waals surface area contributed by atoms with E-state index in [0.29, 0.717) is 5.75 Å². The third kappa shape index (κ3) is 1.55. The third-order valence-electron chi connectivity index (χ3n) is 3.63. The molecule has 1 aliphatic rings. The summed E-state index contributed by atoms with van der Waals surface area (Å²) < 4.78 is 12.6. The van der Waals surface area contributed by atoms with Crippen LogP contribution >= 0.6 is 0 Å². The fraction of sp³-hybridized carbons (Fsp3) is 0.200. The van der Waals surface area contributed by atoms with Gasteiger partial charge in [0.05, 0.1) is 0 Å². The molecule has 1 unspecified atom stereocenters. The molecule has 18 heavy (non-hydrogen) atoms. The molecule has 0 spiro atoms. The maximum absolute atomic E-state index is 12.6. The van der Waals surface area contributed by atoms with Crippen molar-refractivity contribution in [2.24, 2.45) is 0 Å². The second kappa shape index (κ2) is 4.04. The highest BCUT2D eigenvalue weighted by Crippen LogP contribution is 2.39. The number of hydrogen-bond acceptors (Lipinski definition) is 2. The molecule has 3 heteroatoms. The summed E-state index contributed by atoms with van der Waals surface area (Å²) in [5.41, 5.74) is 3.83. The van der Waals surface area contributed by atoms with E-state index in [1.54, 1.807) is 6.07 Å². The van der Waals surface area contributed by atoms with E-state index in [0.717, 1.165) is 38.5 Å². The summed E-state index contributed by atoms with van der Waals surface area (Å²) in [5, 5.41) is 9.89. The summed E-state index contributed by atoms with van der Waals surface area (Å²) in [5.74, 6) is 0.294. The molecular weight excluding hydrogens is 244 g/mol. The predicted octanol–water partition coefficient (Wildman–Crippen LogP) is 3.08. The van der Waals surface area contributed by atoms with Crippen LogP contribution < -0.4 is 0 Å². The van der Waals surface area contributed by atoms with Crippen molar-refractivity contribution in [3.05, 3.63) is 52.6 Å². The average Bonchev–Trinajstić information content (AvgIpc) is 2.36. The van der Waals surface area contributed by atoms with Gasteiger partial charge >= 0.3 is 0 Å². The molecule has 0 radical (unpaired) electrons. The highest BCUT2D eigenvalue weighted by molar-refractivity contribution is 7.91. The minimum atomic E-state index is -1.13. The van der Waals surface area contributed by atoms with Crippen LogP contribution in [0.25, 0.3) is 0 Å². The SMILES string of the molecule is Cc1c(O)cc2c(c1C)[S+]([O-])c1ccccc1C2. The second-order valence-electron chi connectivity index (χ2n) is 4.69. The van der Waals surface area contributed by atoms with Crippen LogP contribution in [-0.4, -0.2) is 9.66 Å². The Morgan fingerprint density at radius 2 is 1.83 bits per heavy atom. The Hall–Kier alpha value is -1.45. The zero-order valence-electron chi connectivity index (χ0n) is 10.4. The van der Waals surface area contributed by atoms with Crippen LogP contribution in [0.1, 0.15) is 22.3 Å². The monoisotopic (exact) mass is 258 g/mol. The first-order valence-corrected chi connectivity index (χ1v) is 7.06. The van der Waals surface area contributed by atoms with Gasteiger partial charge < -0.3 is 9.66 Å². The summed E-state index contributed by atoms with van der Waals surface area (Å²) in [7, 11) is 0. The van der Waals surface area contributed by atoms with E-state index in [9.17, 15) is 9.66 Å². The Labute approximate surface area is 109 Å². The Balaban J connectivity index is 2.26. The molecule has 1 heterocycles. The van der Waals surface area contributed by atoms with Crippen molar-refractivity contribution < 1.29 is 9.66 Å². The molecule has 1 N–H and O–H groups in total. The summed E-state index contributed by atoms with van der Waals surface area (Å²) in [6, 6.07) is 9.57. The van der Waals surface area contributed by atoms with Crippen molar-refractivity contribution in [1.29, 1.82) is 0 Å². The topological polar surface area (TPSA) is 43.3 Å². The van der Waals surface area contributed by atoms with Crippen LogP contribution in [0.3, 0.4) is 0 Å². The van der Waals surface area contributed by atoms with Gasteiger partial charge in [-0.05, 0) is 31.5 Å². The van der Waals surface area contributed by atoms with Crippen molar-refractivity contribution in [2.45, 2.75) is 30.1 Å². The van der Waals surface area contributed by atoms with Gasteiger partial charge in [-0.25, -0.2) is 0 Å². The van der Waals surface area contributed by atoms with Crippen molar-refractivity contribution in [3.8, 4) is 5.75 Å². The van der Waals surface area contributed by atoms with Crippen LogP contribution in [0.4, 0.5) is 0 Å². The van der Waals surface area contributed by atoms with E-state index in [1.807, 2.05) is 38.1 Å². The van der Waals surface area contributed by atoms with Gasteiger partial charge in [-0.2, -0.15) is 0 Å². The van der Waals surface area contributed by atoms with E-state index < -0.39 is 11.2 Å². The average molecular weight is 258 g/mol. The third-order valence-corrected chi connectivity index (χ3v) is 5.37. The largest absolute Gasteiger partial charge is 0.606 e. The number of benzene rings is 2. The Morgan fingerprint density at radius 3 is 2.61 bits per heavy atom. The quantitative estimate of drug-likeness (QED) is 0.738. The Bertz CT molecular complexity index is 635. The minimum absolute atomic E-state index is 0.294. The molecule has 0 aromatic heterocycles. The fourth-order valence-electron chi connectivity index (χ4n) is 2.48. The number of phenolic OH excluding ortho intramolecular Hbond substituents is 1. The number of fused-ring (bicyclic) bond motifs is 2. The molecule has 0 saturated carbocycles. The molecule has 92 valence electrons. The van der Waals surface area contributed by atoms with Crippen molar-refractivity contribution in [1.82, 2.24) is 0 Å². The van der Waals surface area contributed by atoms with Crippen LogP contribution in [0.15, 0.2) is 40.1 Å². The molecule has 1 atom stereocenters. The summed E-state index contributed by atoms with van der Waals surface area (Å²) in [6.07, 6.45) is 0.742. The molecular formula is C15H14O2S. The van der Waals surface area contributed by atoms with Crippen LogP contribution in [-0.2, 0) is 17.6 Å². The number of hydrogen-bond donors (Lipinski definition) is 1. The Kier molecular flexibility index (Phi) is 2.61. The van der Waals surface area contributed by atoms with Gasteiger partial charge in [0.15, 0.2) is 9.79 Å². The smallest absolute Gasteiger partial charge is 0.165 e. The van der Waals surface area contributed by atoms with E-state index in [1.165, 1.54) is 0 Å². The minimum Gasteiger partial charge on any atom is -0.606 e. The van der Waals surface area contributed by atoms with Crippen LogP contribution in [0.2, 0.25) is 0 Å². The molecule has 0 bridgehead atoms. The second-order valence-corrected chi connectivity index (χ2v) is 6.07. The molecule has 2 aromatic carbocycles. The molecule has 1 aliphatic heterocycles. The standard InChI is InChI=1S/C15H14O2S/c1-9-10(2)15-12(8-13(9)16)7-11-5-3-4-6-14(11)18(15)17/h3-6,8,16H,7H2,1-2H3. The Morgan fingerprint density at radius 1 is 1.11 bits per heavy atom. The normalized spacial score (nSPS) is 17.2. The first kappa shape index (κ1) is 11.6. The molecule has 0 amide bonds. The summed E-state index contributed by atoms with van der Waals surface area (Å²) >= 11 is -1.13. The lowest BCUT2D eigenvalue weighted by Crippen LogP contribution is -2.16. The lowest BCUT2D eigenvalue weighted by Gasteiger charge is -2.24. The zero-order chi connectivity index (χ0) is 12.9. The van der Waals surface area contributed by atoms with Crippen molar-refractivity contribution >= 4 is 11.2 Å². The van der Waals surface area contributed by atoms with Crippen molar-refractivity contribution in [2.75, 3.05) is 0 Å². The highest BCUT2D eigenvalue weighted by atomic mass is 32.2. The molecule has 3 rings (SSSR count). The van der Waals surface area contributed by atoms with E-state index >= 15 is 0 Å². The van der Waals surface area contributed by atoms with Crippen molar-refractivity contribution in [3.63, 3.8) is 0 Å². The lowest BCUT2D eigenvalue weighted by molar-refractivity contribution is 0.468. The summed E-state index contributed by atoms with van der Waals surface area (Å²) in [6.45, 7) is 3.79. The summed E-state index contributed by atoms with van der Waals surface area (Å²) in [4.78, 5) is 1.78. The first-order valence-electron chi connectivity index (χ1n) is 5.91. The van der Waals surface area contributed by atoms with Gasteiger partial charge in [0.25, 0.3) is 0 Å². The number of phenols is 1. The highest BCUT2D eigenvalue weighted by Gasteiger charge is 2.31. The maximum Gasteiger partial charge on any atom is 0.165 e. The molecule has 0 aliphatic carbocycles. The van der Waals surface area contributed by atoms with Crippen LogP contribution in [0.5, 0.6) is 5.75 Å². The van der Waals surface area contributed by atoms with E-state index in [2.05, 4.69) is 0 Å². The number of rotatable bonds is 0. The zero-order valence-corrected chi connectivity index (χ0v) is 11.2. The van der Waals surface area contributed by atoms with Gasteiger partial charge in [0.1, 0.15) is 5.75 Å². The first-order chi connectivity index (χ1) is 8.59. The van der Waals surface area contributed by atoms with Gasteiger partial charge in [-0.3, -0.25) is 0 Å². The van der Waals surface area contributed by atoms with Gasteiger partial charge in [0.2, 0.25) is 0 Å². The van der Waals surface area contributed by atoms with E-state index in [4.69, 9.17) is 0 Å². The molecule has 2 nitrogen and oxygen atoms in total. The molecule has 0 saturated heterocycles. The number of aromatic hydroxyl groups is 1. The predicted molar refractivity (Wildman–Crippen MR) is 71.5 cm³/mol. The fourth-order valence-corrected chi connectivity index (χ4v) is 4.08. The maximum atomic E-state index is 12.6. The molecule has 2 aromatic rings. The van der Waals surface area contributed by atoms with Gasteiger partial charge in [-0.1, -0.05) is 18.2 Å². The molecule has 0 fully saturated rings. The lowest BCUT2D eigenvalue weighted by atomic mass is 9.99. The van der Waals surface area contributed by atoms with E-state index in [-0.39, 0.29) is 0 Å².